The molecule has 4 saturated heterocycles. The third kappa shape index (κ3) is 20.8. The van der Waals surface area contributed by atoms with Gasteiger partial charge in [0.1, 0.15) is 62.4 Å². The van der Waals surface area contributed by atoms with Gasteiger partial charge in [-0.1, -0.05) is 144 Å². The van der Waals surface area contributed by atoms with Crippen LogP contribution in [0.1, 0.15) is 87.7 Å². The van der Waals surface area contributed by atoms with E-state index in [1.807, 2.05) is 48.5 Å². The van der Waals surface area contributed by atoms with Gasteiger partial charge in [-0.3, -0.25) is 38.4 Å². The first kappa shape index (κ1) is 77.6. The van der Waals surface area contributed by atoms with Crippen LogP contribution in [0.3, 0.4) is 0 Å². The summed E-state index contributed by atoms with van der Waals surface area (Å²) < 4.78 is 100. The summed E-state index contributed by atoms with van der Waals surface area (Å²) in [6, 6.07) is 26.0. The van der Waals surface area contributed by atoms with Crippen LogP contribution in [0.5, 0.6) is 0 Å². The lowest BCUT2D eigenvalue weighted by atomic mass is 9.94. The summed E-state index contributed by atoms with van der Waals surface area (Å²) in [6.07, 6.45) is -26.5. The lowest BCUT2D eigenvalue weighted by molar-refractivity contribution is -0.359. The fourth-order valence-corrected chi connectivity index (χ4v) is 12.3. The van der Waals surface area contributed by atoms with E-state index in [0.717, 1.165) is 70.7 Å². The minimum absolute atomic E-state index is 0.161. The number of rotatable bonds is 26. The van der Waals surface area contributed by atoms with Gasteiger partial charge in [0.25, 0.3) is 0 Å². The van der Waals surface area contributed by atoms with E-state index >= 15 is 0 Å². The Balaban J connectivity index is 1.11. The second-order valence-electron chi connectivity index (χ2n) is 23.8. The molecule has 102 heavy (non-hydrogen) atoms. The number of esters is 7. The van der Waals surface area contributed by atoms with Gasteiger partial charge in [0, 0.05) is 65.5 Å². The summed E-state index contributed by atoms with van der Waals surface area (Å²) in [4.78, 5) is 148. The lowest BCUT2D eigenvalue weighted by Crippen LogP contribution is -2.70. The van der Waals surface area contributed by atoms with Gasteiger partial charge in [-0.15, -0.1) is 0 Å². The Labute approximate surface area is 598 Å². The van der Waals surface area contributed by atoms with Gasteiger partial charge in [0.05, 0.1) is 19.8 Å². The first-order valence-electron chi connectivity index (χ1n) is 31.9. The van der Waals surface area contributed by atoms with Crippen LogP contribution < -0.4 is 16.0 Å². The minimum atomic E-state index is -2.13. The second-order valence-corrected chi connectivity index (χ2v) is 26.3. The molecule has 4 heterocycles. The van der Waals surface area contributed by atoms with E-state index in [2.05, 4.69) is 16.0 Å². The molecule has 3 N–H and O–H groups in total. The number of carbonyl (C=O) groups excluding carboxylic acids is 11. The SMILES string of the molecule is CC(=O)N[C@H]1[C@@H](OC[C@H](NC(=O)OCC2c3ccccc3-c3ccccc32)C(=O)OCC(=O)c2ccccc2)O[C@H](CO[C@@H]2O[C@@H]3CO[C@@H](c4ccccc4)O[C@H]3[C@H](OC(C)=O)[C@H]2NC(=O)OCC(Cl)(Cl)Cl)[C@H](OC(C)=O)[C@@H]1O[C@@H]1O[C@H](COC(C)=O)[C@H](OC(C)=O)[C@H](OC(C)=O)[C@H]1OC(C)=O. The van der Waals surface area contributed by atoms with E-state index in [9.17, 15) is 52.7 Å². The first-order chi connectivity index (χ1) is 48.6. The number of fused-ring (bicyclic) bond motifs is 4. The zero-order chi connectivity index (χ0) is 73.5. The van der Waals surface area contributed by atoms with Crippen LogP contribution >= 0.6 is 34.8 Å². The zero-order valence-corrected chi connectivity index (χ0v) is 58.1. The van der Waals surface area contributed by atoms with Crippen molar-refractivity contribution in [1.29, 1.82) is 0 Å². The van der Waals surface area contributed by atoms with E-state index < -0.39 is 213 Å². The smallest absolute Gasteiger partial charge is 0.407 e. The highest BCUT2D eigenvalue weighted by Crippen LogP contribution is 2.45. The number of amides is 3. The predicted molar refractivity (Wildman–Crippen MR) is 347 cm³/mol. The van der Waals surface area contributed by atoms with Crippen LogP contribution in [0.4, 0.5) is 9.59 Å². The molecule has 4 aromatic rings. The van der Waals surface area contributed by atoms with Crippen molar-refractivity contribution in [3.05, 3.63) is 131 Å². The van der Waals surface area contributed by atoms with Crippen LogP contribution in [-0.4, -0.2) is 214 Å². The van der Waals surface area contributed by atoms with E-state index in [4.69, 9.17) is 115 Å². The fraction of sp³-hybridized carbons (Fsp3) is 0.485. The summed E-state index contributed by atoms with van der Waals surface area (Å²) in [5.74, 6) is -9.17. The monoisotopic (exact) mass is 1490 g/mol. The molecule has 3 amide bonds. The molecule has 1 aliphatic carbocycles. The minimum Gasteiger partial charge on any atom is -0.463 e. The van der Waals surface area contributed by atoms with Gasteiger partial charge in [-0.25, -0.2) is 14.4 Å². The number of halogens is 3. The highest BCUT2D eigenvalue weighted by molar-refractivity contribution is 6.67. The number of carbonyl (C=O) groups is 11. The van der Waals surface area contributed by atoms with Gasteiger partial charge in [-0.05, 0) is 22.3 Å². The molecule has 4 aliphatic heterocycles. The van der Waals surface area contributed by atoms with Crippen molar-refractivity contribution in [3.63, 3.8) is 0 Å². The van der Waals surface area contributed by atoms with Crippen LogP contribution in [0, 0.1) is 0 Å². The highest BCUT2D eigenvalue weighted by atomic mass is 35.6. The van der Waals surface area contributed by atoms with E-state index in [1.54, 1.807) is 48.5 Å². The third-order valence-electron chi connectivity index (χ3n) is 16.1. The molecule has 31 nitrogen and oxygen atoms in total. The van der Waals surface area contributed by atoms with Crippen molar-refractivity contribution >= 4 is 100 Å². The van der Waals surface area contributed by atoms with Gasteiger partial charge in [-0.2, -0.15) is 0 Å². The lowest BCUT2D eigenvalue weighted by Gasteiger charge is -2.50. The molecule has 17 atom stereocenters. The Hall–Kier alpha value is -8.60. The summed E-state index contributed by atoms with van der Waals surface area (Å²) in [6.45, 7) is 2.20. The van der Waals surface area contributed by atoms with Crippen LogP contribution in [0.2, 0.25) is 0 Å². The van der Waals surface area contributed by atoms with E-state index in [-0.39, 0.29) is 18.8 Å². The maximum absolute atomic E-state index is 14.5. The second kappa shape index (κ2) is 35.5. The fourth-order valence-electron chi connectivity index (χ4n) is 12.1. The number of nitrogens with one attached hydrogen (secondary N) is 3. The predicted octanol–water partition coefficient (Wildman–Crippen LogP) is 5.22. The maximum Gasteiger partial charge on any atom is 0.407 e. The van der Waals surface area contributed by atoms with Crippen molar-refractivity contribution in [2.24, 2.45) is 0 Å². The number of ketones is 1. The molecule has 34 heteroatoms. The van der Waals surface area contributed by atoms with Crippen molar-refractivity contribution in [2.45, 2.75) is 163 Å². The van der Waals surface area contributed by atoms with Crippen LogP contribution in [-0.2, 0) is 119 Å². The Kier molecular flexibility index (Phi) is 27.0. The molecule has 0 spiro atoms. The van der Waals surface area contributed by atoms with Gasteiger partial charge in [0.2, 0.25) is 9.70 Å². The van der Waals surface area contributed by atoms with Crippen molar-refractivity contribution in [2.75, 3.05) is 46.2 Å². The van der Waals surface area contributed by atoms with Crippen molar-refractivity contribution in [1.82, 2.24) is 16.0 Å². The average molecular weight is 1490 g/mol. The highest BCUT2D eigenvalue weighted by Gasteiger charge is 2.59. The molecule has 0 unspecified atom stereocenters. The Morgan fingerprint density at radius 3 is 1.63 bits per heavy atom. The topological polar surface area (TPSA) is 381 Å². The van der Waals surface area contributed by atoms with Crippen molar-refractivity contribution in [3.8, 4) is 11.1 Å². The molecule has 5 aliphatic rings. The summed E-state index contributed by atoms with van der Waals surface area (Å²) >= 11 is 17.9. The molecule has 4 aromatic carbocycles. The van der Waals surface area contributed by atoms with Crippen LogP contribution in [0.25, 0.3) is 11.1 Å². The molecule has 0 saturated carbocycles. The molecular weight excluding hydrogens is 1410 g/mol. The molecule has 550 valence electrons. The van der Waals surface area contributed by atoms with Crippen LogP contribution in [0.15, 0.2) is 109 Å². The van der Waals surface area contributed by atoms with E-state index in [0.29, 0.717) is 5.56 Å². The normalized spacial score (nSPS) is 26.8. The number of ether oxygens (including phenoxy) is 17. The largest absolute Gasteiger partial charge is 0.463 e. The zero-order valence-electron chi connectivity index (χ0n) is 55.8. The quantitative estimate of drug-likeness (QED) is 0.0314. The molecule has 0 aromatic heterocycles. The molecule has 9 rings (SSSR count). The Morgan fingerprint density at radius 2 is 1.03 bits per heavy atom. The summed E-state index contributed by atoms with van der Waals surface area (Å²) in [5.41, 5.74) is 4.21. The Bertz CT molecular complexity index is 3620. The number of Topliss-reactive ketones (excluding diaryl/α,β-unsaturated/α-hetero) is 1. The maximum atomic E-state index is 14.5. The van der Waals surface area contributed by atoms with E-state index in [1.165, 1.54) is 12.1 Å². The number of alkyl carbamates (subject to hydrolysis) is 2. The Morgan fingerprint density at radius 1 is 0.500 bits per heavy atom. The standard InChI is InChI=1S/C68H74Cl3N3O28/c1-33(75)72-52-58(102-65-60(97-39(7)81)59(96-38(6)80)56(94-36(4)78)49(100-65)29-86-34(2)76)54(93-35(3)77)50(31-90-64-53(74-67(85)92-32-68(69,70)71)57(95-37(5)79)55-51(99-64)30-89-62(101-55)41-20-12-9-13-21-41)98-63(52)88-27-47(61(83)87-28-48(82)40-18-10-8-11-19-40)73-66(84)91-26-46-44-24-16-14-22-42(44)43-23-15-17-25-45(43)46/h8-25,46-47,49-60,62-65H,26-32H2,1-7H3,(H,72,75)(H,73,84)(H,74,85)/t47-,49+,50+,51+,52+,53+,54-,55+,56-,57+,58+,59-,60+,62+,63-,64+,65-/m0/s1. The van der Waals surface area contributed by atoms with Gasteiger partial charge >= 0.3 is 54.0 Å². The third-order valence-corrected chi connectivity index (χ3v) is 16.5. The van der Waals surface area contributed by atoms with Crippen molar-refractivity contribution < 1.29 is 133 Å². The number of benzene rings is 4. The number of hydrogen-bond acceptors (Lipinski definition) is 28. The molecule has 0 bridgehead atoms. The summed E-state index contributed by atoms with van der Waals surface area (Å²) in [7, 11) is 0. The number of alkyl halides is 3. The first-order valence-corrected chi connectivity index (χ1v) is 33.0. The van der Waals surface area contributed by atoms with Gasteiger partial charge in [0.15, 0.2) is 74.1 Å². The molecule has 4 fully saturated rings. The molecular formula is C68H74Cl3N3O28. The molecule has 0 radical (unpaired) electrons. The summed E-state index contributed by atoms with van der Waals surface area (Å²) in [5, 5.41) is 7.62. The van der Waals surface area contributed by atoms with Gasteiger partial charge < -0.3 is 96.5 Å². The number of hydrogen-bond donors (Lipinski definition) is 3. The average Bonchev–Trinajstić information content (AvgIpc) is 1.15.